The van der Waals surface area contributed by atoms with E-state index < -0.39 is 0 Å². The molecule has 0 fully saturated rings. The molecule has 2 heteroatoms. The summed E-state index contributed by atoms with van der Waals surface area (Å²) in [7, 11) is 0. The molecule has 0 aliphatic heterocycles. The van der Waals surface area contributed by atoms with Crippen molar-refractivity contribution >= 4 is 0 Å². The molecule has 1 rings (SSSR count). The summed E-state index contributed by atoms with van der Waals surface area (Å²) in [6.45, 7) is 8.56. The van der Waals surface area contributed by atoms with Gasteiger partial charge in [0.25, 0.3) is 0 Å². The van der Waals surface area contributed by atoms with Crippen molar-refractivity contribution in [3.63, 3.8) is 0 Å². The number of aromatic nitrogens is 1. The summed E-state index contributed by atoms with van der Waals surface area (Å²) >= 11 is 0. The molecule has 0 saturated heterocycles. The van der Waals surface area contributed by atoms with E-state index in [-0.39, 0.29) is 6.04 Å². The Kier molecular flexibility index (Phi) is 4.94. The van der Waals surface area contributed by atoms with Gasteiger partial charge in [0.05, 0.1) is 0 Å². The van der Waals surface area contributed by atoms with Gasteiger partial charge in [0.1, 0.15) is 0 Å². The molecule has 1 heterocycles. The molecule has 0 amide bonds. The average molecular weight is 220 g/mol. The second-order valence-corrected chi connectivity index (χ2v) is 4.92. The largest absolute Gasteiger partial charge is 0.324 e. The van der Waals surface area contributed by atoms with E-state index in [2.05, 4.69) is 31.0 Å². The second-order valence-electron chi connectivity index (χ2n) is 4.92. The first-order valence-corrected chi connectivity index (χ1v) is 6.23. The predicted molar refractivity (Wildman–Crippen MR) is 69.3 cm³/mol. The maximum atomic E-state index is 6.24. The van der Waals surface area contributed by atoms with Gasteiger partial charge < -0.3 is 5.73 Å². The lowest BCUT2D eigenvalue weighted by Gasteiger charge is -2.17. The van der Waals surface area contributed by atoms with Crippen LogP contribution in [-0.4, -0.2) is 4.98 Å². The molecule has 2 atom stereocenters. The Bertz CT molecular complexity index is 313. The van der Waals surface area contributed by atoms with Gasteiger partial charge >= 0.3 is 0 Å². The third-order valence-corrected chi connectivity index (χ3v) is 2.97. The third kappa shape index (κ3) is 3.93. The number of nitrogens with zero attached hydrogens (tertiary/aromatic N) is 1. The lowest BCUT2D eigenvalue weighted by Crippen LogP contribution is -2.14. The number of rotatable bonds is 5. The number of pyridine rings is 1. The Morgan fingerprint density at radius 2 is 1.81 bits per heavy atom. The smallest absolute Gasteiger partial charge is 0.0379 e. The minimum Gasteiger partial charge on any atom is -0.324 e. The molecule has 2 unspecified atom stereocenters. The van der Waals surface area contributed by atoms with Crippen LogP contribution in [0.2, 0.25) is 0 Å². The zero-order valence-corrected chi connectivity index (χ0v) is 11.0. The maximum absolute atomic E-state index is 6.24. The van der Waals surface area contributed by atoms with Crippen LogP contribution in [0.25, 0.3) is 0 Å². The van der Waals surface area contributed by atoms with Crippen molar-refractivity contribution in [1.82, 2.24) is 4.98 Å². The quantitative estimate of drug-likeness (QED) is 0.824. The van der Waals surface area contributed by atoms with Crippen LogP contribution in [0.3, 0.4) is 0 Å². The Labute approximate surface area is 99.3 Å². The Morgan fingerprint density at radius 3 is 2.31 bits per heavy atom. The third-order valence-electron chi connectivity index (χ3n) is 2.97. The van der Waals surface area contributed by atoms with Crippen molar-refractivity contribution in [2.45, 2.75) is 53.0 Å². The summed E-state index contributed by atoms with van der Waals surface area (Å²) in [6, 6.07) is 4.37. The molecule has 0 bridgehead atoms. The summed E-state index contributed by atoms with van der Waals surface area (Å²) < 4.78 is 0. The van der Waals surface area contributed by atoms with Crippen molar-refractivity contribution in [1.29, 1.82) is 0 Å². The molecular formula is C14H24N2. The summed E-state index contributed by atoms with van der Waals surface area (Å²) in [5, 5.41) is 0. The van der Waals surface area contributed by atoms with Gasteiger partial charge in [-0.05, 0) is 43.9 Å². The summed E-state index contributed by atoms with van der Waals surface area (Å²) in [5.41, 5.74) is 9.59. The summed E-state index contributed by atoms with van der Waals surface area (Å²) in [4.78, 5) is 4.38. The van der Waals surface area contributed by atoms with Gasteiger partial charge in [-0.15, -0.1) is 0 Å². The molecule has 0 aliphatic rings. The molecule has 0 radical (unpaired) electrons. The van der Waals surface area contributed by atoms with Gasteiger partial charge in [-0.2, -0.15) is 0 Å². The normalized spacial score (nSPS) is 14.8. The van der Waals surface area contributed by atoms with Gasteiger partial charge in [-0.25, -0.2) is 0 Å². The molecular weight excluding hydrogens is 196 g/mol. The fourth-order valence-electron chi connectivity index (χ4n) is 2.26. The van der Waals surface area contributed by atoms with E-state index in [1.807, 2.05) is 13.8 Å². The molecule has 1 aromatic rings. The number of aryl methyl sites for hydroxylation is 2. The molecule has 0 aliphatic carbocycles. The SMILES string of the molecule is CCCC(C)CC(N)c1cc(C)nc(C)c1. The van der Waals surface area contributed by atoms with Gasteiger partial charge in [-0.3, -0.25) is 4.98 Å². The lowest BCUT2D eigenvalue weighted by molar-refractivity contribution is 0.440. The maximum Gasteiger partial charge on any atom is 0.0379 e. The Hall–Kier alpha value is -0.890. The number of hydrogen-bond acceptors (Lipinski definition) is 2. The molecule has 1 aromatic heterocycles. The van der Waals surface area contributed by atoms with Crippen LogP contribution in [0.4, 0.5) is 0 Å². The van der Waals surface area contributed by atoms with Crippen molar-refractivity contribution in [3.05, 3.63) is 29.1 Å². The zero-order chi connectivity index (χ0) is 12.1. The molecule has 90 valence electrons. The first-order valence-electron chi connectivity index (χ1n) is 6.23. The van der Waals surface area contributed by atoms with Gasteiger partial charge in [0, 0.05) is 17.4 Å². The topological polar surface area (TPSA) is 38.9 Å². The second kappa shape index (κ2) is 6.00. The summed E-state index contributed by atoms with van der Waals surface area (Å²) in [5.74, 6) is 0.703. The van der Waals surface area contributed by atoms with Gasteiger partial charge in [0.2, 0.25) is 0 Å². The predicted octanol–water partition coefficient (Wildman–Crippen LogP) is 3.52. The van der Waals surface area contributed by atoms with Gasteiger partial charge in [-0.1, -0.05) is 26.7 Å². The van der Waals surface area contributed by atoms with Crippen LogP contribution in [0, 0.1) is 19.8 Å². The molecule has 16 heavy (non-hydrogen) atoms. The number of nitrogens with two attached hydrogens (primary N) is 1. The minimum atomic E-state index is 0.155. The standard InChI is InChI=1S/C14H24N2/c1-5-6-10(2)7-14(15)13-8-11(3)16-12(4)9-13/h8-10,14H,5-7,15H2,1-4H3. The van der Waals surface area contributed by atoms with Crippen LogP contribution in [-0.2, 0) is 0 Å². The highest BCUT2D eigenvalue weighted by molar-refractivity contribution is 5.23. The van der Waals surface area contributed by atoms with Crippen LogP contribution in [0.15, 0.2) is 12.1 Å². The van der Waals surface area contributed by atoms with E-state index in [1.165, 1.54) is 18.4 Å². The van der Waals surface area contributed by atoms with Crippen molar-refractivity contribution in [3.8, 4) is 0 Å². The van der Waals surface area contributed by atoms with E-state index in [4.69, 9.17) is 5.73 Å². The first-order chi connectivity index (χ1) is 7.52. The fourth-order valence-corrected chi connectivity index (χ4v) is 2.26. The lowest BCUT2D eigenvalue weighted by atomic mass is 9.93. The van der Waals surface area contributed by atoms with E-state index in [1.54, 1.807) is 0 Å². The highest BCUT2D eigenvalue weighted by Gasteiger charge is 2.11. The van der Waals surface area contributed by atoms with E-state index in [0.717, 1.165) is 17.8 Å². The van der Waals surface area contributed by atoms with E-state index in [9.17, 15) is 0 Å². The molecule has 2 nitrogen and oxygen atoms in total. The Morgan fingerprint density at radius 1 is 1.25 bits per heavy atom. The van der Waals surface area contributed by atoms with E-state index >= 15 is 0 Å². The first kappa shape index (κ1) is 13.2. The summed E-state index contributed by atoms with van der Waals surface area (Å²) in [6.07, 6.45) is 3.57. The van der Waals surface area contributed by atoms with Crippen LogP contribution in [0.5, 0.6) is 0 Å². The van der Waals surface area contributed by atoms with Crippen molar-refractivity contribution in [2.75, 3.05) is 0 Å². The van der Waals surface area contributed by atoms with Crippen molar-refractivity contribution in [2.24, 2.45) is 11.7 Å². The van der Waals surface area contributed by atoms with Crippen LogP contribution >= 0.6 is 0 Å². The minimum absolute atomic E-state index is 0.155. The molecule has 0 spiro atoms. The van der Waals surface area contributed by atoms with E-state index in [0.29, 0.717) is 5.92 Å². The molecule has 0 saturated carbocycles. The van der Waals surface area contributed by atoms with Gasteiger partial charge in [0.15, 0.2) is 0 Å². The zero-order valence-electron chi connectivity index (χ0n) is 11.0. The highest BCUT2D eigenvalue weighted by atomic mass is 14.7. The van der Waals surface area contributed by atoms with Crippen molar-refractivity contribution < 1.29 is 0 Å². The monoisotopic (exact) mass is 220 g/mol. The van der Waals surface area contributed by atoms with Crippen LogP contribution < -0.4 is 5.73 Å². The molecule has 2 N–H and O–H groups in total. The highest BCUT2D eigenvalue weighted by Crippen LogP contribution is 2.22. The fraction of sp³-hybridized carbons (Fsp3) is 0.643. The molecule has 0 aromatic carbocycles. The Balaban J connectivity index is 2.68. The number of hydrogen-bond donors (Lipinski definition) is 1. The van der Waals surface area contributed by atoms with Crippen LogP contribution in [0.1, 0.15) is 56.1 Å². The average Bonchev–Trinajstić information content (AvgIpc) is 2.16.